The fourth-order valence-electron chi connectivity index (χ4n) is 3.33. The van der Waals surface area contributed by atoms with Gasteiger partial charge in [0.25, 0.3) is 6.43 Å². The number of hydrogen-bond donors (Lipinski definition) is 1. The normalized spacial score (nSPS) is 11.1. The van der Waals surface area contributed by atoms with E-state index in [-0.39, 0.29) is 23.0 Å². The Morgan fingerprint density at radius 1 is 1.19 bits per heavy atom. The van der Waals surface area contributed by atoms with Gasteiger partial charge in [0.1, 0.15) is 23.2 Å². The van der Waals surface area contributed by atoms with Gasteiger partial charge in [-0.05, 0) is 36.4 Å². The maximum Gasteiger partial charge on any atom is 0.256 e. The number of carbonyl (C=O) groups excluding carboxylic acids is 1. The quantitative estimate of drug-likeness (QED) is 0.523. The lowest BCUT2D eigenvalue weighted by Crippen LogP contribution is -2.16. The summed E-state index contributed by atoms with van der Waals surface area (Å²) in [7, 11) is 0. The van der Waals surface area contributed by atoms with Crippen LogP contribution in [0.25, 0.3) is 28.2 Å². The van der Waals surface area contributed by atoms with Crippen LogP contribution in [0.2, 0.25) is 0 Å². The van der Waals surface area contributed by atoms with E-state index in [0.29, 0.717) is 16.8 Å². The molecule has 0 spiro atoms. The first kappa shape index (κ1) is 20.2. The molecule has 0 unspecified atom stereocenters. The highest BCUT2D eigenvalue weighted by Crippen LogP contribution is 2.35. The molecule has 3 heterocycles. The van der Waals surface area contributed by atoms with E-state index in [2.05, 4.69) is 15.3 Å². The molecule has 7 nitrogen and oxygen atoms in total. The fourth-order valence-corrected chi connectivity index (χ4v) is 3.33. The number of amides is 1. The topological polar surface area (TPSA) is 88.0 Å². The van der Waals surface area contributed by atoms with Gasteiger partial charge < -0.3 is 4.57 Å². The van der Waals surface area contributed by atoms with Gasteiger partial charge in [0.2, 0.25) is 11.9 Å². The van der Waals surface area contributed by atoms with Gasteiger partial charge in [-0.3, -0.25) is 14.5 Å². The van der Waals surface area contributed by atoms with E-state index >= 15 is 0 Å². The zero-order chi connectivity index (χ0) is 22.1. The molecule has 1 amide bonds. The lowest BCUT2D eigenvalue weighted by molar-refractivity contribution is -0.114. The van der Waals surface area contributed by atoms with Gasteiger partial charge in [-0.25, -0.2) is 23.1 Å². The summed E-state index contributed by atoms with van der Waals surface area (Å²) in [6, 6.07) is 10.7. The molecular formula is C21H15F3N6O. The monoisotopic (exact) mass is 424 g/mol. The third kappa shape index (κ3) is 3.85. The van der Waals surface area contributed by atoms with Crippen molar-refractivity contribution < 1.29 is 18.0 Å². The number of fused-ring (bicyclic) bond motifs is 1. The zero-order valence-corrected chi connectivity index (χ0v) is 16.2. The Morgan fingerprint density at radius 3 is 2.55 bits per heavy atom. The minimum atomic E-state index is -2.73. The van der Waals surface area contributed by atoms with Crippen molar-refractivity contribution >= 4 is 17.5 Å². The van der Waals surface area contributed by atoms with Crippen molar-refractivity contribution in [1.29, 1.82) is 5.26 Å². The number of nitriles is 1. The number of halogens is 3. The second kappa shape index (κ2) is 7.95. The fraction of sp³-hybridized carbons (Fsp3) is 0.143. The van der Waals surface area contributed by atoms with E-state index in [4.69, 9.17) is 0 Å². The van der Waals surface area contributed by atoms with Crippen LogP contribution in [-0.4, -0.2) is 31.3 Å². The predicted molar refractivity (Wildman–Crippen MR) is 107 cm³/mol. The van der Waals surface area contributed by atoms with Gasteiger partial charge in [-0.1, -0.05) is 0 Å². The van der Waals surface area contributed by atoms with Crippen LogP contribution >= 0.6 is 0 Å². The molecule has 0 fully saturated rings. The number of anilines is 1. The highest BCUT2D eigenvalue weighted by molar-refractivity contribution is 5.89. The Morgan fingerprint density at radius 2 is 1.90 bits per heavy atom. The van der Waals surface area contributed by atoms with Crippen LogP contribution in [0.5, 0.6) is 0 Å². The first-order valence-corrected chi connectivity index (χ1v) is 9.17. The molecule has 0 aliphatic rings. The maximum absolute atomic E-state index is 13.5. The molecule has 0 aliphatic carbocycles. The molecule has 3 aromatic heterocycles. The third-order valence-corrected chi connectivity index (χ3v) is 4.59. The van der Waals surface area contributed by atoms with Crippen molar-refractivity contribution in [2.75, 3.05) is 5.32 Å². The molecule has 4 aromatic rings. The third-order valence-electron chi connectivity index (χ3n) is 4.59. The highest BCUT2D eigenvalue weighted by atomic mass is 19.3. The van der Waals surface area contributed by atoms with Gasteiger partial charge >= 0.3 is 0 Å². The predicted octanol–water partition coefficient (Wildman–Crippen LogP) is 4.10. The van der Waals surface area contributed by atoms with E-state index in [1.807, 2.05) is 6.07 Å². The molecule has 4 rings (SSSR count). The van der Waals surface area contributed by atoms with Crippen LogP contribution in [0.1, 0.15) is 12.6 Å². The molecule has 10 heteroatoms. The Labute approximate surface area is 174 Å². The van der Waals surface area contributed by atoms with Crippen molar-refractivity contribution in [2.45, 2.75) is 19.9 Å². The van der Waals surface area contributed by atoms with Gasteiger partial charge in [-0.2, -0.15) is 5.26 Å². The lowest BCUT2D eigenvalue weighted by Gasteiger charge is -2.13. The number of rotatable bonds is 5. The number of nitrogens with zero attached hydrogens (tertiary/aromatic N) is 5. The first-order chi connectivity index (χ1) is 14.9. The van der Waals surface area contributed by atoms with E-state index in [0.717, 1.165) is 0 Å². The van der Waals surface area contributed by atoms with Crippen molar-refractivity contribution in [3.63, 3.8) is 0 Å². The smallest absolute Gasteiger partial charge is 0.256 e. The lowest BCUT2D eigenvalue weighted by atomic mass is 10.1. The van der Waals surface area contributed by atoms with Crippen LogP contribution in [0.4, 0.5) is 19.1 Å². The van der Waals surface area contributed by atoms with Crippen LogP contribution in [0.15, 0.2) is 48.8 Å². The van der Waals surface area contributed by atoms with Gasteiger partial charge in [0.05, 0.1) is 24.1 Å². The number of aromatic nitrogens is 4. The molecule has 1 N–H and O–H groups in total. The van der Waals surface area contributed by atoms with E-state index in [1.165, 1.54) is 46.4 Å². The number of nitrogens with one attached hydrogen (secondary N) is 1. The molecule has 0 saturated carbocycles. The van der Waals surface area contributed by atoms with Gasteiger partial charge in [0.15, 0.2) is 0 Å². The Bertz CT molecular complexity index is 1320. The average molecular weight is 424 g/mol. The summed E-state index contributed by atoms with van der Waals surface area (Å²) in [5, 5.41) is 11.8. The minimum Gasteiger partial charge on any atom is -0.304 e. The van der Waals surface area contributed by atoms with Crippen molar-refractivity contribution in [2.24, 2.45) is 0 Å². The molecule has 0 saturated heterocycles. The van der Waals surface area contributed by atoms with Crippen molar-refractivity contribution in [3.05, 3.63) is 60.3 Å². The highest BCUT2D eigenvalue weighted by Gasteiger charge is 2.23. The Hall–Kier alpha value is -4.13. The molecule has 0 radical (unpaired) electrons. The summed E-state index contributed by atoms with van der Waals surface area (Å²) in [6.07, 6.45) is 0.261. The summed E-state index contributed by atoms with van der Waals surface area (Å²) in [5.41, 5.74) is 2.28. The molecule has 0 bridgehead atoms. The first-order valence-electron chi connectivity index (χ1n) is 9.17. The van der Waals surface area contributed by atoms with Crippen LogP contribution < -0.4 is 5.32 Å². The van der Waals surface area contributed by atoms with Crippen LogP contribution in [0.3, 0.4) is 0 Å². The summed E-state index contributed by atoms with van der Waals surface area (Å²) in [5.74, 6) is -0.999. The van der Waals surface area contributed by atoms with Crippen molar-refractivity contribution in [3.8, 4) is 28.6 Å². The Kier molecular flexibility index (Phi) is 5.17. The summed E-state index contributed by atoms with van der Waals surface area (Å²) < 4.78 is 43.1. The standard InChI is InChI=1S/C21H15F3N6O/c1-12(31)27-21-28-19(13-2-5-15(22)6-3-13)20(30(21)11-17(23)24)14-4-7-18-26-9-16(8-25)29(18)10-14/h2-7,9-10,17H,11H2,1H3,(H,27,28,31). The second-order valence-corrected chi connectivity index (χ2v) is 6.72. The number of pyridine rings is 1. The average Bonchev–Trinajstić information content (AvgIpc) is 3.28. The number of benzene rings is 1. The van der Waals surface area contributed by atoms with E-state index in [1.54, 1.807) is 18.3 Å². The molecule has 0 atom stereocenters. The number of hydrogen-bond acceptors (Lipinski definition) is 4. The minimum absolute atomic E-state index is 0.0617. The SMILES string of the molecule is CC(=O)Nc1nc(-c2ccc(F)cc2)c(-c2ccc3ncc(C#N)n3c2)n1CC(F)F. The van der Waals surface area contributed by atoms with Gasteiger partial charge in [-0.15, -0.1) is 0 Å². The van der Waals surface area contributed by atoms with Crippen LogP contribution in [-0.2, 0) is 11.3 Å². The van der Waals surface area contributed by atoms with E-state index in [9.17, 15) is 23.2 Å². The maximum atomic E-state index is 13.5. The molecule has 1 aromatic carbocycles. The van der Waals surface area contributed by atoms with Crippen molar-refractivity contribution in [1.82, 2.24) is 18.9 Å². The zero-order valence-electron chi connectivity index (χ0n) is 16.2. The summed E-state index contributed by atoms with van der Waals surface area (Å²) in [4.78, 5) is 20.2. The molecule has 31 heavy (non-hydrogen) atoms. The number of alkyl halides is 2. The van der Waals surface area contributed by atoms with E-state index < -0.39 is 24.7 Å². The van der Waals surface area contributed by atoms with Crippen LogP contribution in [0, 0.1) is 17.1 Å². The summed E-state index contributed by atoms with van der Waals surface area (Å²) in [6.45, 7) is 0.515. The summed E-state index contributed by atoms with van der Waals surface area (Å²) >= 11 is 0. The largest absolute Gasteiger partial charge is 0.304 e. The molecule has 0 aliphatic heterocycles. The number of imidazole rings is 2. The molecule has 156 valence electrons. The second-order valence-electron chi connectivity index (χ2n) is 6.72. The molecular weight excluding hydrogens is 409 g/mol. The van der Waals surface area contributed by atoms with Gasteiger partial charge in [0, 0.05) is 24.2 Å². The number of carbonyl (C=O) groups is 1. The Balaban J connectivity index is 2.01.